The van der Waals surface area contributed by atoms with Gasteiger partial charge in [-0.1, -0.05) is 25.7 Å². The largest absolute Gasteiger partial charge is 0.495 e. The van der Waals surface area contributed by atoms with Gasteiger partial charge >= 0.3 is 0 Å². The van der Waals surface area contributed by atoms with E-state index in [9.17, 15) is 0 Å². The first-order chi connectivity index (χ1) is 18.0. The average Bonchev–Trinajstić information content (AvgIpc) is 3.45. The molecule has 1 aromatic carbocycles. The van der Waals surface area contributed by atoms with Gasteiger partial charge in [0, 0.05) is 56.6 Å². The molecule has 1 aromatic heterocycles. The number of aromatic nitrogens is 2. The van der Waals surface area contributed by atoms with E-state index in [2.05, 4.69) is 71.7 Å². The molecule has 0 unspecified atom stereocenters. The van der Waals surface area contributed by atoms with Crippen LogP contribution >= 0.6 is 0 Å². The Morgan fingerprint density at radius 3 is 2.49 bits per heavy atom. The molecule has 0 radical (unpaired) electrons. The number of benzene rings is 1. The Labute approximate surface area is 224 Å². The van der Waals surface area contributed by atoms with Crippen LogP contribution in [0.4, 0.5) is 11.8 Å². The minimum atomic E-state index is 0.412. The number of hydrogen-bond acceptors (Lipinski definition) is 7. The molecule has 4 rings (SSSR count). The van der Waals surface area contributed by atoms with Crippen molar-refractivity contribution in [2.45, 2.75) is 78.3 Å². The fraction of sp³-hybridized carbons (Fsp3) is 0.667. The molecule has 0 amide bonds. The number of rotatable bonds is 10. The van der Waals surface area contributed by atoms with Crippen molar-refractivity contribution in [2.24, 2.45) is 0 Å². The quantitative estimate of drug-likeness (QED) is 0.455. The van der Waals surface area contributed by atoms with Gasteiger partial charge < -0.3 is 24.8 Å². The maximum Gasteiger partial charge on any atom is 0.227 e. The van der Waals surface area contributed by atoms with Gasteiger partial charge in [-0.3, -0.25) is 0 Å². The predicted octanol–water partition coefficient (Wildman–Crippen LogP) is 5.00. The van der Waals surface area contributed by atoms with Crippen LogP contribution in [0.5, 0.6) is 5.75 Å². The Kier molecular flexibility index (Phi) is 9.88. The topological polar surface area (TPSA) is 56.8 Å². The normalized spacial score (nSPS) is 17.0. The molecule has 2 saturated heterocycles. The molecular formula is C30H46N6O. The van der Waals surface area contributed by atoms with Gasteiger partial charge in [-0.15, -0.1) is 0 Å². The first kappa shape index (κ1) is 27.5. The van der Waals surface area contributed by atoms with Gasteiger partial charge in [-0.05, 0) is 71.2 Å². The Morgan fingerprint density at radius 1 is 1.08 bits per heavy atom. The van der Waals surface area contributed by atoms with Gasteiger partial charge in [0.25, 0.3) is 0 Å². The van der Waals surface area contributed by atoms with Gasteiger partial charge in [0.1, 0.15) is 11.6 Å². The van der Waals surface area contributed by atoms with Crippen molar-refractivity contribution in [2.75, 3.05) is 63.1 Å². The Balaban J connectivity index is 1.61. The molecule has 7 heteroatoms. The van der Waals surface area contributed by atoms with E-state index in [0.29, 0.717) is 12.1 Å². The smallest absolute Gasteiger partial charge is 0.227 e. The number of ether oxygens (including phenoxy) is 1. The molecule has 2 aromatic rings. The second-order valence-corrected chi connectivity index (χ2v) is 10.7. The first-order valence-electron chi connectivity index (χ1n) is 14.4. The number of fused-ring (bicyclic) bond motifs is 1. The molecule has 2 fully saturated rings. The van der Waals surface area contributed by atoms with E-state index in [1.165, 1.54) is 19.3 Å². The third kappa shape index (κ3) is 7.06. The second kappa shape index (κ2) is 13.3. The van der Waals surface area contributed by atoms with E-state index < -0.39 is 0 Å². The van der Waals surface area contributed by atoms with Crippen LogP contribution in [0.15, 0.2) is 12.1 Å². The Hall–Kier alpha value is -2.56. The van der Waals surface area contributed by atoms with Crippen molar-refractivity contribution in [3.63, 3.8) is 0 Å². The maximum atomic E-state index is 5.79. The van der Waals surface area contributed by atoms with E-state index in [4.69, 9.17) is 14.7 Å². The fourth-order valence-corrected chi connectivity index (χ4v) is 5.45. The molecular weight excluding hydrogens is 460 g/mol. The van der Waals surface area contributed by atoms with Crippen molar-refractivity contribution < 1.29 is 4.74 Å². The lowest BCUT2D eigenvalue weighted by atomic mass is 10.0. The summed E-state index contributed by atoms with van der Waals surface area (Å²) >= 11 is 0. The van der Waals surface area contributed by atoms with E-state index >= 15 is 0 Å². The zero-order valence-corrected chi connectivity index (χ0v) is 23.6. The number of nitrogens with zero attached hydrogens (tertiary/aromatic N) is 5. The van der Waals surface area contributed by atoms with Crippen LogP contribution in [0.2, 0.25) is 0 Å². The van der Waals surface area contributed by atoms with Crippen LogP contribution in [0.1, 0.15) is 71.8 Å². The Bertz CT molecular complexity index is 1080. The van der Waals surface area contributed by atoms with Gasteiger partial charge in [0.05, 0.1) is 18.2 Å². The summed E-state index contributed by atoms with van der Waals surface area (Å²) in [5, 5.41) is 4.81. The Morgan fingerprint density at radius 2 is 1.84 bits per heavy atom. The molecule has 0 spiro atoms. The van der Waals surface area contributed by atoms with Crippen LogP contribution in [0.25, 0.3) is 10.9 Å². The number of likely N-dealkylation sites (tertiary alicyclic amines) is 1. The molecule has 0 saturated carbocycles. The molecule has 202 valence electrons. The van der Waals surface area contributed by atoms with Crippen molar-refractivity contribution >= 4 is 22.7 Å². The second-order valence-electron chi connectivity index (χ2n) is 10.7. The predicted molar refractivity (Wildman–Crippen MR) is 155 cm³/mol. The lowest BCUT2D eigenvalue weighted by Crippen LogP contribution is -2.42. The summed E-state index contributed by atoms with van der Waals surface area (Å²) in [5.74, 6) is 9.30. The first-order valence-corrected chi connectivity index (χ1v) is 14.4. The molecule has 2 aliphatic heterocycles. The van der Waals surface area contributed by atoms with Gasteiger partial charge in [-0.2, -0.15) is 4.98 Å². The van der Waals surface area contributed by atoms with Crippen molar-refractivity contribution in [1.29, 1.82) is 0 Å². The number of piperidine rings is 1. The van der Waals surface area contributed by atoms with Crippen molar-refractivity contribution in [3.05, 3.63) is 17.7 Å². The van der Waals surface area contributed by atoms with Crippen LogP contribution in [0.3, 0.4) is 0 Å². The van der Waals surface area contributed by atoms with E-state index in [1.807, 2.05) is 0 Å². The lowest BCUT2D eigenvalue weighted by molar-refractivity contribution is 0.177. The minimum Gasteiger partial charge on any atom is -0.495 e. The molecule has 7 nitrogen and oxygen atoms in total. The third-order valence-electron chi connectivity index (χ3n) is 7.76. The van der Waals surface area contributed by atoms with Crippen LogP contribution in [-0.2, 0) is 0 Å². The van der Waals surface area contributed by atoms with Crippen LogP contribution in [-0.4, -0.2) is 84.8 Å². The monoisotopic (exact) mass is 506 g/mol. The molecule has 2 aliphatic rings. The highest BCUT2D eigenvalue weighted by molar-refractivity contribution is 5.93. The molecule has 0 aliphatic carbocycles. The van der Waals surface area contributed by atoms with Crippen molar-refractivity contribution in [1.82, 2.24) is 19.8 Å². The van der Waals surface area contributed by atoms with Crippen molar-refractivity contribution in [3.8, 4) is 17.6 Å². The standard InChI is InChI=1S/C30H46N6O/c1-6-15-34(7-2)16-9-8-12-24-21-27-26(22-28(24)37-5)29(33-30(32-27)36-17-10-11-18-36)31-25-13-19-35(20-14-25)23(3)4/h21-23,25H,6-7,9-11,13-20H2,1-5H3,(H,31,32,33). The summed E-state index contributed by atoms with van der Waals surface area (Å²) < 4.78 is 5.79. The zero-order chi connectivity index (χ0) is 26.2. The minimum absolute atomic E-state index is 0.412. The highest BCUT2D eigenvalue weighted by Gasteiger charge is 2.24. The summed E-state index contributed by atoms with van der Waals surface area (Å²) in [7, 11) is 1.72. The summed E-state index contributed by atoms with van der Waals surface area (Å²) in [4.78, 5) is 17.4. The average molecular weight is 507 g/mol. The number of methoxy groups -OCH3 is 1. The molecule has 0 bridgehead atoms. The third-order valence-corrected chi connectivity index (χ3v) is 7.76. The summed E-state index contributed by atoms with van der Waals surface area (Å²) in [6.45, 7) is 16.5. The van der Waals surface area contributed by atoms with Gasteiger partial charge in [-0.25, -0.2) is 4.98 Å². The van der Waals surface area contributed by atoms with E-state index in [1.54, 1.807) is 7.11 Å². The SMILES string of the molecule is CCCN(CC)CCC#Cc1cc2nc(N3CCCC3)nc(NC3CCN(C(C)C)CC3)c2cc1OC. The maximum absolute atomic E-state index is 5.79. The molecule has 37 heavy (non-hydrogen) atoms. The zero-order valence-electron chi connectivity index (χ0n) is 23.6. The fourth-order valence-electron chi connectivity index (χ4n) is 5.45. The number of nitrogens with one attached hydrogen (secondary N) is 1. The van der Waals surface area contributed by atoms with Crippen LogP contribution in [0, 0.1) is 11.8 Å². The number of hydrogen-bond donors (Lipinski definition) is 1. The summed E-state index contributed by atoms with van der Waals surface area (Å²) in [6, 6.07) is 5.19. The van der Waals surface area contributed by atoms with Crippen LogP contribution < -0.4 is 15.0 Å². The highest BCUT2D eigenvalue weighted by Crippen LogP contribution is 2.32. The number of anilines is 2. The van der Waals surface area contributed by atoms with E-state index in [-0.39, 0.29) is 0 Å². The van der Waals surface area contributed by atoms with E-state index in [0.717, 1.165) is 99.1 Å². The molecule has 1 N–H and O–H groups in total. The lowest BCUT2D eigenvalue weighted by Gasteiger charge is -2.35. The highest BCUT2D eigenvalue weighted by atomic mass is 16.5. The van der Waals surface area contributed by atoms with Gasteiger partial charge in [0.15, 0.2) is 0 Å². The summed E-state index contributed by atoms with van der Waals surface area (Å²) in [6.07, 6.45) is 6.66. The molecule has 0 atom stereocenters. The molecule has 3 heterocycles. The van der Waals surface area contributed by atoms with Gasteiger partial charge in [0.2, 0.25) is 5.95 Å². The summed E-state index contributed by atoms with van der Waals surface area (Å²) in [5.41, 5.74) is 1.83.